The number of hydrogen-bond acceptors (Lipinski definition) is 31. The highest BCUT2D eigenvalue weighted by molar-refractivity contribution is 7.99. The molecule has 6 aliphatic heterocycles. The van der Waals surface area contributed by atoms with Gasteiger partial charge >= 0.3 is 0 Å². The van der Waals surface area contributed by atoms with Crippen molar-refractivity contribution in [3.8, 4) is 65.3 Å². The van der Waals surface area contributed by atoms with Crippen molar-refractivity contribution in [2.75, 3.05) is 93.9 Å². The van der Waals surface area contributed by atoms with Crippen LogP contribution in [0.15, 0.2) is 193 Å². The van der Waals surface area contributed by atoms with Gasteiger partial charge in [-0.25, -0.2) is 77.9 Å². The zero-order valence-electron chi connectivity index (χ0n) is 66.0. The minimum Gasteiger partial charge on any atom is -0.495 e. The molecular formula is C82H87FN16O13S10. The summed E-state index contributed by atoms with van der Waals surface area (Å²) in [6, 6.07) is 43.9. The maximum absolute atomic E-state index is 13.6. The number of ether oxygens (including phenoxy) is 5. The first-order chi connectivity index (χ1) is 59.1. The average Bonchev–Trinajstić information content (AvgIpc) is 1.60. The van der Waals surface area contributed by atoms with E-state index in [4.69, 9.17) is 23.7 Å². The highest BCUT2D eigenvalue weighted by Crippen LogP contribution is 2.40. The number of methoxy groups -OCH3 is 1. The summed E-state index contributed by atoms with van der Waals surface area (Å²) in [5, 5.41) is 12.5. The van der Waals surface area contributed by atoms with E-state index in [1.54, 1.807) is 121 Å². The van der Waals surface area contributed by atoms with Gasteiger partial charge in [0.15, 0.2) is 16.3 Å². The second kappa shape index (κ2) is 40.1. The quantitative estimate of drug-likeness (QED) is 0.0256. The van der Waals surface area contributed by atoms with Crippen LogP contribution in [-0.2, 0) is 58.0 Å². The Labute approximate surface area is 734 Å². The summed E-state index contributed by atoms with van der Waals surface area (Å²) >= 11 is 13.1. The summed E-state index contributed by atoms with van der Waals surface area (Å²) in [5.41, 5.74) is 7.79. The molecule has 8 aromatic heterocycles. The Morgan fingerprint density at radius 1 is 0.402 bits per heavy atom. The van der Waals surface area contributed by atoms with Gasteiger partial charge in [0, 0.05) is 112 Å². The molecule has 640 valence electrons. The van der Waals surface area contributed by atoms with E-state index in [-0.39, 0.29) is 5.95 Å². The molecule has 4 aromatic carbocycles. The topological polar surface area (TPSA) is 347 Å². The van der Waals surface area contributed by atoms with Crippen LogP contribution in [0.1, 0.15) is 88.2 Å². The molecule has 14 heterocycles. The van der Waals surface area contributed by atoms with Crippen LogP contribution >= 0.6 is 70.6 Å². The second-order valence-corrected chi connectivity index (χ2v) is 42.9. The number of anilines is 8. The van der Waals surface area contributed by atoms with Crippen molar-refractivity contribution >= 4 is 157 Å². The molecule has 0 radical (unpaired) electrons. The van der Waals surface area contributed by atoms with Crippen molar-refractivity contribution < 1.29 is 61.7 Å². The van der Waals surface area contributed by atoms with Gasteiger partial charge in [0.05, 0.1) is 68.3 Å². The largest absolute Gasteiger partial charge is 0.495 e. The zero-order valence-corrected chi connectivity index (χ0v) is 74.3. The minimum atomic E-state index is -3.49. The lowest BCUT2D eigenvalue weighted by atomic mass is 10.1. The lowest BCUT2D eigenvalue weighted by Gasteiger charge is -2.25. The van der Waals surface area contributed by atoms with E-state index in [1.807, 2.05) is 54.6 Å². The Morgan fingerprint density at radius 3 is 1.19 bits per heavy atom. The highest BCUT2D eigenvalue weighted by Gasteiger charge is 2.33. The Hall–Kier alpha value is -9.37. The van der Waals surface area contributed by atoms with Crippen LogP contribution in [0.2, 0.25) is 0 Å². The Bertz CT molecular complexity index is 6120. The summed E-state index contributed by atoms with van der Waals surface area (Å²) in [6.45, 7) is 7.01. The minimum absolute atomic E-state index is 0.255. The first kappa shape index (κ1) is 87.5. The van der Waals surface area contributed by atoms with Crippen LogP contribution in [0.5, 0.6) is 23.0 Å². The molecule has 18 rings (SSSR count). The predicted molar refractivity (Wildman–Crippen MR) is 479 cm³/mol. The second-order valence-electron chi connectivity index (χ2n) is 28.5. The number of aromatic nitrogens is 8. The molecule has 40 heteroatoms. The van der Waals surface area contributed by atoms with Gasteiger partial charge in [0.2, 0.25) is 23.8 Å². The molecule has 0 amide bonds. The lowest BCUT2D eigenvalue weighted by molar-refractivity contribution is 0.134. The highest BCUT2D eigenvalue weighted by atomic mass is 32.3. The third-order valence-electron chi connectivity index (χ3n) is 20.1. The van der Waals surface area contributed by atoms with E-state index in [1.165, 1.54) is 81.8 Å². The Balaban J connectivity index is 0.000000126. The number of nitrogens with one attached hydrogen (secondary N) is 4. The van der Waals surface area contributed by atoms with Crippen LogP contribution in [0, 0.1) is 5.82 Å². The molecule has 12 aromatic rings. The van der Waals surface area contributed by atoms with Crippen molar-refractivity contribution in [2.45, 2.75) is 112 Å². The molecule has 6 aliphatic rings. The SMILES string of the molecule is COc1ccc(F)cc1Nc1nccc(-c2ccc(S(=O)(=O)N3CCCCC3)s2)n1.O=S(=O)(c1ccc(-c2ccnc(Nc3ccc4c(c3)COC4)n2)s1)N1CCCCC1.O=S(=O)(c1ccc(-c2ccnc(Nc3ccc4c(c3)OCCO4)n2)s1)N1CCCCC1.O=S(=O)(c1ccc(-c2ccnc(Nc3cccc(OC(S)S)c3)n2)s1)N1CCCCC1. The van der Waals surface area contributed by atoms with Crippen LogP contribution in [0.4, 0.5) is 50.9 Å². The van der Waals surface area contributed by atoms with Crippen molar-refractivity contribution in [2.24, 2.45) is 0 Å². The number of fused-ring (bicyclic) bond motifs is 2. The monoisotopic (exact) mass is 1840 g/mol. The molecule has 0 bridgehead atoms. The molecule has 0 aliphatic carbocycles. The third-order valence-corrected chi connectivity index (χ3v) is 34.2. The van der Waals surface area contributed by atoms with E-state index in [2.05, 4.69) is 86.4 Å². The molecule has 0 spiro atoms. The van der Waals surface area contributed by atoms with Crippen molar-refractivity contribution in [1.29, 1.82) is 0 Å². The molecule has 4 saturated heterocycles. The number of rotatable bonds is 23. The van der Waals surface area contributed by atoms with Gasteiger partial charge in [-0.2, -0.15) is 17.2 Å². The third kappa shape index (κ3) is 21.9. The Kier molecular flexibility index (Phi) is 28.8. The van der Waals surface area contributed by atoms with E-state index in [9.17, 15) is 38.1 Å². The summed E-state index contributed by atoms with van der Waals surface area (Å²) < 4.78 is 151. The number of benzene rings is 4. The number of nitrogens with zero attached hydrogens (tertiary/aromatic N) is 12. The molecule has 4 N–H and O–H groups in total. The summed E-state index contributed by atoms with van der Waals surface area (Å²) in [7, 11) is -12.3. The van der Waals surface area contributed by atoms with Crippen LogP contribution in [0.25, 0.3) is 42.3 Å². The molecule has 29 nitrogen and oxygen atoms in total. The van der Waals surface area contributed by atoms with Crippen LogP contribution in [-0.4, -0.2) is 168 Å². The standard InChI is InChI=1S/C21H22N4O4S2.C21H22N4O3S2.C20H21FN4O3S2.C20H22N4O3S4/c26-31(27,25-10-2-1-3-11-25)20-7-6-19(30-20)16-8-9-22-21(24-16)23-15-4-5-17-18(14-15)29-13-12-28-17;26-30(27,25-10-2-1-3-11-25)20-7-6-19(29-20)18-8-9-22-21(24-18)23-17-5-4-15-13-28-14-16(15)12-17;1-28-17-6-5-14(21)13-16(17)24-20-22-10-9-15(23-20)18-7-8-19(29-18)30(26,27)25-11-3-2-4-12-25;25-31(26,24-11-2-1-3-12-24)18-8-7-17(30-18)16-9-10-21-19(23-16)22-14-5-4-6-15(13-14)27-20(28)29/h4-9,14H,1-3,10-13H2,(H,22,23,24);4-9,12H,1-3,10-11,13-14H2,(H,22,23,24);5-10,13H,2-4,11-12H2,1H3,(H,22,23,24);4-10,13,20,28-29H,1-3,11-12H2,(H,21,22,23). The fourth-order valence-corrected chi connectivity index (χ4v) is 26.0. The summed E-state index contributed by atoms with van der Waals surface area (Å²) in [4.78, 5) is 38.2. The normalized spacial score (nSPS) is 16.0. The van der Waals surface area contributed by atoms with Gasteiger partial charge < -0.3 is 45.0 Å². The molecule has 0 unspecified atom stereocenters. The maximum Gasteiger partial charge on any atom is 0.252 e. The van der Waals surface area contributed by atoms with Crippen molar-refractivity contribution in [3.63, 3.8) is 0 Å². The number of halogens is 1. The first-order valence-electron chi connectivity index (χ1n) is 39.5. The summed E-state index contributed by atoms with van der Waals surface area (Å²) in [6.07, 6.45) is 18.1. The summed E-state index contributed by atoms with van der Waals surface area (Å²) in [5.74, 6) is 3.59. The van der Waals surface area contributed by atoms with E-state index < -0.39 is 50.7 Å². The number of thiol groups is 2. The van der Waals surface area contributed by atoms with Gasteiger partial charge in [-0.3, -0.25) is 0 Å². The molecule has 0 atom stereocenters. The lowest BCUT2D eigenvalue weighted by Crippen LogP contribution is -2.35. The smallest absolute Gasteiger partial charge is 0.252 e. The number of thiophene rings is 4. The average molecular weight is 1840 g/mol. The van der Waals surface area contributed by atoms with E-state index in [0.717, 1.165) is 109 Å². The van der Waals surface area contributed by atoms with Crippen molar-refractivity contribution in [3.05, 3.63) is 193 Å². The molecule has 122 heavy (non-hydrogen) atoms. The Morgan fingerprint density at radius 2 is 0.779 bits per heavy atom. The molecular weight excluding hydrogens is 1760 g/mol. The predicted octanol–water partition coefficient (Wildman–Crippen LogP) is 17.0. The first-order valence-corrected chi connectivity index (χ1v) is 49.5. The van der Waals surface area contributed by atoms with E-state index >= 15 is 0 Å². The fraction of sp³-hybridized carbons (Fsp3) is 0.317. The van der Waals surface area contributed by atoms with Gasteiger partial charge in [-0.1, -0.05) is 37.8 Å². The van der Waals surface area contributed by atoms with Crippen LogP contribution in [0.3, 0.4) is 0 Å². The fourth-order valence-electron chi connectivity index (χ4n) is 14.0. The maximum atomic E-state index is 13.6. The number of piperidine rings is 4. The molecule has 0 saturated carbocycles. The number of sulfonamides is 4. The zero-order chi connectivity index (χ0) is 84.8. The van der Waals surface area contributed by atoms with Crippen LogP contribution < -0.4 is 40.2 Å². The number of hydrogen-bond donors (Lipinski definition) is 6. The van der Waals surface area contributed by atoms with Gasteiger partial charge in [-0.15, -0.1) is 70.6 Å². The van der Waals surface area contributed by atoms with Crippen molar-refractivity contribution in [1.82, 2.24) is 57.1 Å². The van der Waals surface area contributed by atoms with Gasteiger partial charge in [-0.05, 0) is 184 Å². The van der Waals surface area contributed by atoms with Gasteiger partial charge in [0.1, 0.15) is 47.4 Å². The van der Waals surface area contributed by atoms with Gasteiger partial charge in [0.25, 0.3) is 40.1 Å². The molecule has 4 fully saturated rings. The van der Waals surface area contributed by atoms with E-state index in [0.29, 0.717) is 170 Å².